The molecule has 1 aliphatic heterocycles. The van der Waals surface area contributed by atoms with Gasteiger partial charge in [-0.3, -0.25) is 14.5 Å². The summed E-state index contributed by atoms with van der Waals surface area (Å²) in [6.45, 7) is -0.117. The molecule has 11 heteroatoms. The van der Waals surface area contributed by atoms with Crippen molar-refractivity contribution in [1.29, 1.82) is 0 Å². The monoisotopic (exact) mass is 451 g/mol. The van der Waals surface area contributed by atoms with Gasteiger partial charge in [-0.1, -0.05) is 12.8 Å². The molecule has 32 heavy (non-hydrogen) atoms. The number of carbonyl (C=O) groups is 2. The van der Waals surface area contributed by atoms with Gasteiger partial charge in [-0.25, -0.2) is 9.67 Å². The Morgan fingerprint density at radius 3 is 2.72 bits per heavy atom. The van der Waals surface area contributed by atoms with Gasteiger partial charge in [-0.2, -0.15) is 18.3 Å². The Labute approximate surface area is 182 Å². The molecule has 0 bridgehead atoms. The van der Waals surface area contributed by atoms with Crippen LogP contribution in [0.5, 0.6) is 0 Å². The van der Waals surface area contributed by atoms with Crippen LogP contribution in [0.15, 0.2) is 30.9 Å². The fraction of sp³-hybridized carbons (Fsp3) is 0.524. The fourth-order valence-corrected chi connectivity index (χ4v) is 4.85. The van der Waals surface area contributed by atoms with Crippen LogP contribution in [-0.2, 0) is 20.5 Å². The fourth-order valence-electron chi connectivity index (χ4n) is 4.85. The van der Waals surface area contributed by atoms with Gasteiger partial charge in [0.05, 0.1) is 30.6 Å². The molecule has 1 aromatic carbocycles. The van der Waals surface area contributed by atoms with Gasteiger partial charge < -0.3 is 10.1 Å². The van der Waals surface area contributed by atoms with Crippen LogP contribution in [0.3, 0.4) is 0 Å². The number of rotatable bonds is 5. The van der Waals surface area contributed by atoms with E-state index in [-0.39, 0.29) is 24.0 Å². The first kappa shape index (κ1) is 22.3. The van der Waals surface area contributed by atoms with Crippen molar-refractivity contribution < 1.29 is 27.5 Å². The number of aromatic nitrogens is 3. The largest absolute Gasteiger partial charge is 0.468 e. The number of hydrogen-bond donors (Lipinski definition) is 1. The molecule has 1 N–H and O–H groups in total. The van der Waals surface area contributed by atoms with Crippen LogP contribution < -0.4 is 5.32 Å². The van der Waals surface area contributed by atoms with Gasteiger partial charge in [0, 0.05) is 6.04 Å². The number of anilines is 1. The molecule has 2 heterocycles. The van der Waals surface area contributed by atoms with Gasteiger partial charge in [0.15, 0.2) is 0 Å². The summed E-state index contributed by atoms with van der Waals surface area (Å²) in [6, 6.07) is 2.58. The first-order valence-corrected chi connectivity index (χ1v) is 10.5. The van der Waals surface area contributed by atoms with E-state index in [1.165, 1.54) is 30.5 Å². The standard InChI is InChI=1S/C21H24F3N5O3/c1-32-20(31)18-8-13-4-2-3-5-16(13)28(18)10-19(30)27-15-9-14(21(22,23)24)6-7-17(15)29-12-25-11-26-29/h6-7,9,11-13,16,18H,2-5,8,10H2,1H3,(H,27,30). The van der Waals surface area contributed by atoms with Crippen molar-refractivity contribution in [2.45, 2.75) is 50.4 Å². The molecule has 0 spiro atoms. The Kier molecular flexibility index (Phi) is 6.18. The van der Waals surface area contributed by atoms with Crippen LogP contribution in [0.1, 0.15) is 37.7 Å². The summed E-state index contributed by atoms with van der Waals surface area (Å²) in [5.74, 6) is -0.597. The van der Waals surface area contributed by atoms with E-state index in [1.807, 2.05) is 4.90 Å². The Balaban J connectivity index is 1.58. The lowest BCUT2D eigenvalue weighted by atomic mass is 9.85. The number of carbonyl (C=O) groups excluding carboxylic acids is 2. The molecule has 3 atom stereocenters. The van der Waals surface area contributed by atoms with Crippen molar-refractivity contribution >= 4 is 17.6 Å². The highest BCUT2D eigenvalue weighted by Gasteiger charge is 2.46. The van der Waals surface area contributed by atoms with Gasteiger partial charge in [0.2, 0.25) is 5.91 Å². The van der Waals surface area contributed by atoms with Gasteiger partial charge in [0.1, 0.15) is 18.7 Å². The van der Waals surface area contributed by atoms with Gasteiger partial charge in [-0.15, -0.1) is 0 Å². The van der Waals surface area contributed by atoms with Crippen molar-refractivity contribution in [2.24, 2.45) is 5.92 Å². The molecule has 2 fully saturated rings. The minimum Gasteiger partial charge on any atom is -0.468 e. The zero-order valence-electron chi connectivity index (χ0n) is 17.5. The lowest BCUT2D eigenvalue weighted by Gasteiger charge is -2.32. The third-order valence-electron chi connectivity index (χ3n) is 6.28. The minimum atomic E-state index is -4.57. The van der Waals surface area contributed by atoms with E-state index in [0.717, 1.165) is 37.8 Å². The van der Waals surface area contributed by atoms with E-state index in [4.69, 9.17) is 4.74 Å². The molecule has 2 aliphatic rings. The molecule has 1 saturated carbocycles. The van der Waals surface area contributed by atoms with Crippen LogP contribution in [-0.4, -0.2) is 57.3 Å². The maximum absolute atomic E-state index is 13.3. The predicted octanol–water partition coefficient (Wildman–Crippen LogP) is 3.03. The van der Waals surface area contributed by atoms with E-state index in [1.54, 1.807) is 0 Å². The number of amides is 1. The Bertz CT molecular complexity index is 980. The van der Waals surface area contributed by atoms with E-state index in [0.29, 0.717) is 12.3 Å². The van der Waals surface area contributed by atoms with E-state index in [2.05, 4.69) is 15.4 Å². The first-order valence-electron chi connectivity index (χ1n) is 10.5. The quantitative estimate of drug-likeness (QED) is 0.703. The Morgan fingerprint density at radius 1 is 1.25 bits per heavy atom. The number of likely N-dealkylation sites (tertiary alicyclic amines) is 1. The number of fused-ring (bicyclic) bond motifs is 1. The van der Waals surface area contributed by atoms with Crippen LogP contribution in [0.25, 0.3) is 5.69 Å². The first-order chi connectivity index (χ1) is 15.3. The van der Waals surface area contributed by atoms with E-state index >= 15 is 0 Å². The van der Waals surface area contributed by atoms with E-state index < -0.39 is 29.7 Å². The average molecular weight is 451 g/mol. The molecule has 1 aromatic heterocycles. The van der Waals surface area contributed by atoms with Crippen molar-refractivity contribution in [3.63, 3.8) is 0 Å². The number of hydrogen-bond acceptors (Lipinski definition) is 6. The zero-order valence-corrected chi connectivity index (χ0v) is 17.5. The molecule has 1 saturated heterocycles. The summed E-state index contributed by atoms with van der Waals surface area (Å²) in [6.07, 6.45) is 2.59. The lowest BCUT2D eigenvalue weighted by molar-refractivity contribution is -0.146. The Morgan fingerprint density at radius 2 is 2.03 bits per heavy atom. The predicted molar refractivity (Wildman–Crippen MR) is 108 cm³/mol. The third-order valence-corrected chi connectivity index (χ3v) is 6.28. The highest BCUT2D eigenvalue weighted by molar-refractivity contribution is 5.94. The molecule has 3 unspecified atom stereocenters. The molecule has 2 aromatic rings. The minimum absolute atomic E-state index is 0.0377. The SMILES string of the molecule is COC(=O)C1CC2CCCCC2N1CC(=O)Nc1cc(C(F)(F)F)ccc1-n1cncn1. The number of alkyl halides is 3. The van der Waals surface area contributed by atoms with Crippen LogP contribution >= 0.6 is 0 Å². The second-order valence-electron chi connectivity index (χ2n) is 8.18. The molecular formula is C21H24F3N5O3. The van der Waals surface area contributed by atoms with Crippen molar-refractivity contribution in [3.8, 4) is 5.69 Å². The molecule has 4 rings (SSSR count). The molecule has 172 valence electrons. The topological polar surface area (TPSA) is 89.4 Å². The normalized spacial score (nSPS) is 23.6. The second kappa shape index (κ2) is 8.89. The molecule has 0 radical (unpaired) electrons. The summed E-state index contributed by atoms with van der Waals surface area (Å²) in [5, 5.41) is 6.54. The summed E-state index contributed by atoms with van der Waals surface area (Å²) in [5.41, 5.74) is -0.674. The van der Waals surface area contributed by atoms with Crippen LogP contribution in [0.2, 0.25) is 0 Å². The lowest BCUT2D eigenvalue weighted by Crippen LogP contribution is -2.46. The number of methoxy groups -OCH3 is 1. The highest BCUT2D eigenvalue weighted by atomic mass is 19.4. The van der Waals surface area contributed by atoms with Gasteiger partial charge >= 0.3 is 12.1 Å². The van der Waals surface area contributed by atoms with Gasteiger partial charge in [0.25, 0.3) is 0 Å². The smallest absolute Gasteiger partial charge is 0.416 e. The van der Waals surface area contributed by atoms with Crippen LogP contribution in [0, 0.1) is 5.92 Å². The van der Waals surface area contributed by atoms with Crippen molar-refractivity contribution in [1.82, 2.24) is 19.7 Å². The second-order valence-corrected chi connectivity index (χ2v) is 8.18. The number of halogens is 3. The maximum atomic E-state index is 13.3. The summed E-state index contributed by atoms with van der Waals surface area (Å²) >= 11 is 0. The molecule has 8 nitrogen and oxygen atoms in total. The maximum Gasteiger partial charge on any atom is 0.416 e. The molecule has 1 amide bonds. The summed E-state index contributed by atoms with van der Waals surface area (Å²) in [7, 11) is 1.32. The average Bonchev–Trinajstić information content (AvgIpc) is 3.41. The number of ether oxygens (including phenoxy) is 1. The third kappa shape index (κ3) is 4.47. The van der Waals surface area contributed by atoms with Crippen molar-refractivity contribution in [3.05, 3.63) is 36.4 Å². The highest BCUT2D eigenvalue weighted by Crippen LogP contribution is 2.40. The summed E-state index contributed by atoms with van der Waals surface area (Å²) in [4.78, 5) is 30.9. The number of benzene rings is 1. The van der Waals surface area contributed by atoms with Crippen molar-refractivity contribution in [2.75, 3.05) is 19.0 Å². The number of nitrogens with zero attached hydrogens (tertiary/aromatic N) is 4. The number of nitrogens with one attached hydrogen (secondary N) is 1. The molecular weight excluding hydrogens is 427 g/mol. The number of esters is 1. The Hall–Kier alpha value is -2.95. The van der Waals surface area contributed by atoms with Crippen LogP contribution in [0.4, 0.5) is 18.9 Å². The van der Waals surface area contributed by atoms with Gasteiger partial charge in [-0.05, 0) is 43.4 Å². The van der Waals surface area contributed by atoms with E-state index in [9.17, 15) is 22.8 Å². The molecule has 1 aliphatic carbocycles. The zero-order chi connectivity index (χ0) is 22.9. The summed E-state index contributed by atoms with van der Waals surface area (Å²) < 4.78 is 46.0.